The maximum Gasteiger partial charge on any atom is 0.416 e. The summed E-state index contributed by atoms with van der Waals surface area (Å²) in [5.74, 6) is -0.738. The summed E-state index contributed by atoms with van der Waals surface area (Å²) < 4.78 is 66.0. The van der Waals surface area contributed by atoms with Gasteiger partial charge in [-0.2, -0.15) is 17.5 Å². The van der Waals surface area contributed by atoms with Crippen LogP contribution in [0.3, 0.4) is 0 Å². The topological polar surface area (TPSA) is 66.5 Å². The van der Waals surface area contributed by atoms with Crippen LogP contribution in [-0.4, -0.2) is 31.7 Å². The largest absolute Gasteiger partial charge is 0.416 e. The van der Waals surface area contributed by atoms with Gasteiger partial charge in [-0.1, -0.05) is 30.5 Å². The molecule has 1 fully saturated rings. The zero-order valence-corrected chi connectivity index (χ0v) is 17.4. The van der Waals surface area contributed by atoms with Gasteiger partial charge in [0.25, 0.3) is 5.91 Å². The molecule has 1 saturated heterocycles. The average molecular weight is 461 g/mol. The van der Waals surface area contributed by atoms with E-state index < -0.39 is 27.7 Å². The number of benzene rings is 2. The second kappa shape index (κ2) is 8.95. The fourth-order valence-electron chi connectivity index (χ4n) is 3.24. The van der Waals surface area contributed by atoms with Gasteiger partial charge in [-0.25, -0.2) is 8.42 Å². The summed E-state index contributed by atoms with van der Waals surface area (Å²) in [6.45, 7) is 0.749. The van der Waals surface area contributed by atoms with Crippen LogP contribution in [0.15, 0.2) is 47.4 Å². The number of nitrogens with zero attached hydrogens (tertiary/aromatic N) is 1. The fourth-order valence-corrected chi connectivity index (χ4v) is 5.26. The van der Waals surface area contributed by atoms with Gasteiger partial charge in [-0.3, -0.25) is 4.79 Å². The van der Waals surface area contributed by atoms with E-state index in [1.807, 2.05) is 0 Å². The van der Waals surface area contributed by atoms with Crippen LogP contribution >= 0.6 is 11.6 Å². The number of carbonyl (C=O) groups is 1. The maximum atomic E-state index is 13.0. The second-order valence-electron chi connectivity index (χ2n) is 7.00. The number of hydrogen-bond donors (Lipinski definition) is 1. The molecule has 0 bridgehead atoms. The molecule has 2 aromatic carbocycles. The minimum atomic E-state index is -4.55. The Kier molecular flexibility index (Phi) is 6.74. The highest BCUT2D eigenvalue weighted by atomic mass is 35.5. The van der Waals surface area contributed by atoms with Crippen molar-refractivity contribution in [3.05, 3.63) is 58.6 Å². The molecule has 1 aliphatic heterocycles. The van der Waals surface area contributed by atoms with Crippen LogP contribution in [0.1, 0.15) is 41.6 Å². The minimum absolute atomic E-state index is 0.0186. The van der Waals surface area contributed by atoms with E-state index in [1.54, 1.807) is 0 Å². The Labute approximate surface area is 177 Å². The predicted octanol–water partition coefficient (Wildman–Crippen LogP) is 5.18. The molecule has 10 heteroatoms. The third kappa shape index (κ3) is 5.14. The van der Waals surface area contributed by atoms with Gasteiger partial charge in [0.2, 0.25) is 10.0 Å². The first-order valence-electron chi connectivity index (χ1n) is 9.37. The van der Waals surface area contributed by atoms with Gasteiger partial charge < -0.3 is 5.32 Å². The summed E-state index contributed by atoms with van der Waals surface area (Å²) in [5, 5.41) is 2.35. The predicted molar refractivity (Wildman–Crippen MR) is 108 cm³/mol. The van der Waals surface area contributed by atoms with Crippen molar-refractivity contribution in [1.29, 1.82) is 0 Å². The van der Waals surface area contributed by atoms with Crippen molar-refractivity contribution in [2.75, 3.05) is 18.4 Å². The smallest absolute Gasteiger partial charge is 0.322 e. The molecule has 2 aromatic rings. The lowest BCUT2D eigenvalue weighted by molar-refractivity contribution is -0.137. The van der Waals surface area contributed by atoms with Gasteiger partial charge in [-0.05, 0) is 49.2 Å². The molecule has 30 heavy (non-hydrogen) atoms. The summed E-state index contributed by atoms with van der Waals surface area (Å²) in [5.41, 5.74) is -0.979. The van der Waals surface area contributed by atoms with E-state index in [2.05, 4.69) is 5.32 Å². The molecule has 0 atom stereocenters. The second-order valence-corrected chi connectivity index (χ2v) is 9.31. The van der Waals surface area contributed by atoms with Crippen LogP contribution in [0.5, 0.6) is 0 Å². The minimum Gasteiger partial charge on any atom is -0.322 e. The molecule has 1 N–H and O–H groups in total. The van der Waals surface area contributed by atoms with Gasteiger partial charge >= 0.3 is 6.18 Å². The zero-order chi connectivity index (χ0) is 21.9. The average Bonchev–Trinajstić information content (AvgIpc) is 2.98. The van der Waals surface area contributed by atoms with Crippen LogP contribution in [-0.2, 0) is 16.2 Å². The molecule has 162 valence electrons. The van der Waals surface area contributed by atoms with E-state index in [1.165, 1.54) is 28.6 Å². The number of halogens is 4. The lowest BCUT2D eigenvalue weighted by Crippen LogP contribution is -2.32. The molecule has 0 radical (unpaired) electrons. The Hall–Kier alpha value is -2.10. The Morgan fingerprint density at radius 1 is 1.00 bits per heavy atom. The van der Waals surface area contributed by atoms with Crippen LogP contribution in [0.4, 0.5) is 18.9 Å². The lowest BCUT2D eigenvalue weighted by Gasteiger charge is -2.21. The summed E-state index contributed by atoms with van der Waals surface area (Å²) in [6, 6.07) is 7.98. The van der Waals surface area contributed by atoms with E-state index in [0.29, 0.717) is 13.1 Å². The van der Waals surface area contributed by atoms with Crippen molar-refractivity contribution in [2.24, 2.45) is 0 Å². The highest BCUT2D eigenvalue weighted by Gasteiger charge is 2.31. The number of hydrogen-bond acceptors (Lipinski definition) is 3. The normalized spacial score (nSPS) is 16.1. The van der Waals surface area contributed by atoms with Gasteiger partial charge in [0, 0.05) is 24.3 Å². The highest BCUT2D eigenvalue weighted by molar-refractivity contribution is 7.89. The Morgan fingerprint density at radius 2 is 1.67 bits per heavy atom. The number of sulfonamides is 1. The highest BCUT2D eigenvalue weighted by Crippen LogP contribution is 2.31. The van der Waals surface area contributed by atoms with Crippen molar-refractivity contribution in [2.45, 2.75) is 36.8 Å². The molecule has 0 saturated carbocycles. The van der Waals surface area contributed by atoms with Crippen LogP contribution in [0.2, 0.25) is 5.02 Å². The number of amides is 1. The Bertz CT molecular complexity index is 1030. The van der Waals surface area contributed by atoms with Gasteiger partial charge in [-0.15, -0.1) is 0 Å². The fraction of sp³-hybridized carbons (Fsp3) is 0.350. The summed E-state index contributed by atoms with van der Waals surface area (Å²) in [6.07, 6.45) is -1.17. The summed E-state index contributed by atoms with van der Waals surface area (Å²) >= 11 is 6.11. The SMILES string of the molecule is O=C(Nc1cccc(C(F)(F)F)c1)c1ccc(Cl)c(S(=O)(=O)N2CCCCCC2)c1. The molecule has 1 heterocycles. The van der Waals surface area contributed by atoms with Crippen molar-refractivity contribution < 1.29 is 26.4 Å². The standard InChI is InChI=1S/C20H20ClF3N2O3S/c21-17-9-8-14(12-18(17)30(28,29)26-10-3-1-2-4-11-26)19(27)25-16-7-5-6-15(13-16)20(22,23)24/h5-9,12-13H,1-4,10-11H2,(H,25,27). The van der Waals surface area contributed by atoms with Gasteiger partial charge in [0.05, 0.1) is 10.6 Å². The molecule has 0 aliphatic carbocycles. The zero-order valence-electron chi connectivity index (χ0n) is 15.9. The number of nitrogens with one attached hydrogen (secondary N) is 1. The third-order valence-electron chi connectivity index (χ3n) is 4.82. The molecule has 0 aromatic heterocycles. The third-order valence-corrected chi connectivity index (χ3v) is 7.20. The van der Waals surface area contributed by atoms with Crippen LogP contribution in [0, 0.1) is 0 Å². The summed E-state index contributed by atoms with van der Waals surface area (Å²) in [4.78, 5) is 12.4. The van der Waals surface area contributed by atoms with Crippen LogP contribution in [0.25, 0.3) is 0 Å². The first-order chi connectivity index (χ1) is 14.1. The molecular weight excluding hydrogens is 441 g/mol. The molecule has 1 amide bonds. The quantitative estimate of drug-likeness (QED) is 0.684. The number of anilines is 1. The molecule has 3 rings (SSSR count). The monoisotopic (exact) mass is 460 g/mol. The molecule has 0 spiro atoms. The number of carbonyl (C=O) groups excluding carboxylic acids is 1. The number of rotatable bonds is 4. The van der Waals surface area contributed by atoms with E-state index >= 15 is 0 Å². The Morgan fingerprint density at radius 3 is 2.30 bits per heavy atom. The maximum absolute atomic E-state index is 13.0. The van der Waals surface area contributed by atoms with E-state index in [9.17, 15) is 26.4 Å². The van der Waals surface area contributed by atoms with Crippen molar-refractivity contribution in [1.82, 2.24) is 4.31 Å². The number of alkyl halides is 3. The van der Waals surface area contributed by atoms with E-state index in [0.717, 1.165) is 43.9 Å². The van der Waals surface area contributed by atoms with Gasteiger partial charge in [0.1, 0.15) is 4.90 Å². The summed E-state index contributed by atoms with van der Waals surface area (Å²) in [7, 11) is -3.90. The van der Waals surface area contributed by atoms with Crippen LogP contribution < -0.4 is 5.32 Å². The first kappa shape index (κ1) is 22.6. The van der Waals surface area contributed by atoms with Gasteiger partial charge in [0.15, 0.2) is 0 Å². The molecule has 1 aliphatic rings. The van der Waals surface area contributed by atoms with E-state index in [4.69, 9.17) is 11.6 Å². The van der Waals surface area contributed by atoms with Crippen molar-refractivity contribution in [3.8, 4) is 0 Å². The molecular formula is C20H20ClF3N2O3S. The lowest BCUT2D eigenvalue weighted by atomic mass is 10.1. The van der Waals surface area contributed by atoms with Crippen molar-refractivity contribution in [3.63, 3.8) is 0 Å². The molecule has 5 nitrogen and oxygen atoms in total. The first-order valence-corrected chi connectivity index (χ1v) is 11.2. The van der Waals surface area contributed by atoms with E-state index in [-0.39, 0.29) is 21.2 Å². The molecule has 0 unspecified atom stereocenters. The van der Waals surface area contributed by atoms with Crippen molar-refractivity contribution >= 4 is 33.2 Å². The Balaban J connectivity index is 1.87.